The molecule has 0 aliphatic carbocycles. The van der Waals surface area contributed by atoms with Gasteiger partial charge in [-0.25, -0.2) is 14.4 Å². The summed E-state index contributed by atoms with van der Waals surface area (Å²) in [6.45, 7) is 5.78. The number of aromatic nitrogens is 4. The number of hydrogen-bond donors (Lipinski definition) is 0. The third kappa shape index (κ3) is 3.96. The Hall–Kier alpha value is -3.58. The molecule has 0 bridgehead atoms. The fourth-order valence-corrected chi connectivity index (χ4v) is 4.71. The summed E-state index contributed by atoms with van der Waals surface area (Å²) in [5, 5.41) is 5.39. The first-order chi connectivity index (χ1) is 16.3. The molecule has 2 aromatic heterocycles. The van der Waals surface area contributed by atoms with Gasteiger partial charge in [0, 0.05) is 39.9 Å². The van der Waals surface area contributed by atoms with Gasteiger partial charge in [0.05, 0.1) is 12.2 Å². The number of rotatable bonds is 4. The highest BCUT2D eigenvalue weighted by Crippen LogP contribution is 2.43. The third-order valence-corrected chi connectivity index (χ3v) is 6.34. The number of fused-ring (bicyclic) bond motifs is 1. The van der Waals surface area contributed by atoms with Crippen molar-refractivity contribution < 1.29 is 9.18 Å². The van der Waals surface area contributed by atoms with Crippen LogP contribution in [0.5, 0.6) is 0 Å². The zero-order chi connectivity index (χ0) is 24.0. The summed E-state index contributed by atoms with van der Waals surface area (Å²) in [5.41, 5.74) is 4.65. The van der Waals surface area contributed by atoms with E-state index in [1.54, 1.807) is 27.8 Å². The Balaban J connectivity index is 1.72. The van der Waals surface area contributed by atoms with Crippen molar-refractivity contribution in [3.05, 3.63) is 99.2 Å². The van der Waals surface area contributed by atoms with Gasteiger partial charge in [-0.05, 0) is 50.6 Å². The molecule has 172 valence electrons. The highest BCUT2D eigenvalue weighted by molar-refractivity contribution is 6.30. The first kappa shape index (κ1) is 22.2. The minimum absolute atomic E-state index is 0.0851. The summed E-state index contributed by atoms with van der Waals surface area (Å²) in [6, 6.07) is 15.9. The molecule has 3 heterocycles. The van der Waals surface area contributed by atoms with Crippen LogP contribution in [0.1, 0.15) is 46.1 Å². The highest BCUT2D eigenvalue weighted by atomic mass is 35.5. The minimum atomic E-state index is -0.359. The van der Waals surface area contributed by atoms with Crippen LogP contribution in [-0.4, -0.2) is 25.7 Å². The monoisotopic (exact) mass is 475 g/mol. The summed E-state index contributed by atoms with van der Waals surface area (Å²) >= 11 is 6.11. The molecule has 8 heteroatoms. The molecule has 6 nitrogen and oxygen atoms in total. The zero-order valence-electron chi connectivity index (χ0n) is 19.1. The number of nitrogens with zero attached hydrogens (tertiary/aromatic N) is 5. The molecule has 0 N–H and O–H groups in total. The van der Waals surface area contributed by atoms with Gasteiger partial charge >= 0.3 is 0 Å². The van der Waals surface area contributed by atoms with Crippen LogP contribution in [0.2, 0.25) is 5.02 Å². The quantitative estimate of drug-likeness (QED) is 0.394. The van der Waals surface area contributed by atoms with Gasteiger partial charge in [-0.15, -0.1) is 0 Å². The van der Waals surface area contributed by atoms with Crippen molar-refractivity contribution in [2.75, 3.05) is 4.90 Å². The third-order valence-electron chi connectivity index (χ3n) is 6.08. The summed E-state index contributed by atoms with van der Waals surface area (Å²) in [5.74, 6) is 0.256. The van der Waals surface area contributed by atoms with E-state index in [2.05, 4.69) is 9.97 Å². The Morgan fingerprint density at radius 1 is 1.03 bits per heavy atom. The lowest BCUT2D eigenvalue weighted by molar-refractivity contribution is -0.119. The van der Waals surface area contributed by atoms with Crippen molar-refractivity contribution in [3.8, 4) is 5.95 Å². The smallest absolute Gasteiger partial charge is 0.252 e. The van der Waals surface area contributed by atoms with Crippen LogP contribution in [0.25, 0.3) is 5.95 Å². The standard InChI is InChI=1S/C26H23ClFN5O/c1-15-12-16(2)30-26(29-15)33-25-24(17(3)31-33)21(18-8-10-20(27)11-9-18)13-23(34)32(25)14-19-6-4-5-7-22(19)28/h4-12,21H,13-14H2,1-3H3/t21-/m0/s1. The molecule has 0 radical (unpaired) electrons. The number of carbonyl (C=O) groups is 1. The van der Waals surface area contributed by atoms with Crippen molar-refractivity contribution in [2.24, 2.45) is 0 Å². The van der Waals surface area contributed by atoms with E-state index in [1.165, 1.54) is 6.07 Å². The van der Waals surface area contributed by atoms with Gasteiger partial charge in [-0.3, -0.25) is 9.69 Å². The van der Waals surface area contributed by atoms with Gasteiger partial charge in [0.1, 0.15) is 11.6 Å². The van der Waals surface area contributed by atoms with E-state index in [4.69, 9.17) is 16.7 Å². The van der Waals surface area contributed by atoms with Crippen LogP contribution in [0, 0.1) is 26.6 Å². The van der Waals surface area contributed by atoms with E-state index in [0.29, 0.717) is 22.4 Å². The number of amides is 1. The van der Waals surface area contributed by atoms with Gasteiger partial charge in [-0.1, -0.05) is 41.9 Å². The molecule has 4 aromatic rings. The van der Waals surface area contributed by atoms with E-state index < -0.39 is 0 Å². The minimum Gasteiger partial charge on any atom is -0.292 e. The van der Waals surface area contributed by atoms with Crippen LogP contribution in [-0.2, 0) is 11.3 Å². The molecule has 0 fully saturated rings. The Labute approximate surface area is 202 Å². The molecule has 1 atom stereocenters. The summed E-state index contributed by atoms with van der Waals surface area (Å²) in [4.78, 5) is 24.3. The Morgan fingerprint density at radius 2 is 1.71 bits per heavy atom. The van der Waals surface area contributed by atoms with Crippen LogP contribution in [0.15, 0.2) is 54.6 Å². The second kappa shape index (κ2) is 8.65. The van der Waals surface area contributed by atoms with E-state index in [9.17, 15) is 9.18 Å². The summed E-state index contributed by atoms with van der Waals surface area (Å²) < 4.78 is 16.2. The fraction of sp³-hybridized carbons (Fsp3) is 0.231. The first-order valence-electron chi connectivity index (χ1n) is 11.0. The normalized spacial score (nSPS) is 15.5. The molecule has 5 rings (SSSR count). The van der Waals surface area contributed by atoms with Crippen molar-refractivity contribution in [1.29, 1.82) is 0 Å². The molecule has 1 aliphatic heterocycles. The van der Waals surface area contributed by atoms with Crippen molar-refractivity contribution >= 4 is 23.3 Å². The van der Waals surface area contributed by atoms with Crippen molar-refractivity contribution in [2.45, 2.75) is 39.7 Å². The second-order valence-electron chi connectivity index (χ2n) is 8.56. The van der Waals surface area contributed by atoms with Gasteiger partial charge in [0.25, 0.3) is 5.95 Å². The average molecular weight is 476 g/mol. The molecule has 1 aliphatic rings. The molecule has 0 saturated heterocycles. The number of hydrogen-bond acceptors (Lipinski definition) is 4. The molecular formula is C26H23ClFN5O. The van der Waals surface area contributed by atoms with Gasteiger partial charge in [0.2, 0.25) is 5.91 Å². The Morgan fingerprint density at radius 3 is 2.38 bits per heavy atom. The van der Waals surface area contributed by atoms with E-state index >= 15 is 0 Å². The predicted molar refractivity (Wildman–Crippen MR) is 129 cm³/mol. The maximum absolute atomic E-state index is 14.6. The van der Waals surface area contributed by atoms with E-state index in [1.807, 2.05) is 51.1 Å². The maximum atomic E-state index is 14.6. The molecule has 0 spiro atoms. The van der Waals surface area contributed by atoms with Crippen molar-refractivity contribution in [3.63, 3.8) is 0 Å². The lowest BCUT2D eigenvalue weighted by Gasteiger charge is -2.33. The predicted octanol–water partition coefficient (Wildman–Crippen LogP) is 5.45. The van der Waals surface area contributed by atoms with Gasteiger partial charge < -0.3 is 0 Å². The van der Waals surface area contributed by atoms with E-state index in [0.717, 1.165) is 28.2 Å². The van der Waals surface area contributed by atoms with Crippen LogP contribution in [0.4, 0.5) is 10.2 Å². The Kier molecular flexibility index (Phi) is 5.65. The van der Waals surface area contributed by atoms with E-state index in [-0.39, 0.29) is 30.6 Å². The van der Waals surface area contributed by atoms with Crippen LogP contribution < -0.4 is 4.90 Å². The van der Waals surface area contributed by atoms with Gasteiger partial charge in [-0.2, -0.15) is 9.78 Å². The number of anilines is 1. The highest BCUT2D eigenvalue weighted by Gasteiger charge is 2.38. The summed E-state index contributed by atoms with van der Waals surface area (Å²) in [6.07, 6.45) is 0.239. The lowest BCUT2D eigenvalue weighted by atomic mass is 9.85. The first-order valence-corrected chi connectivity index (χ1v) is 11.4. The Bertz CT molecular complexity index is 1380. The summed E-state index contributed by atoms with van der Waals surface area (Å²) in [7, 11) is 0. The topological polar surface area (TPSA) is 63.9 Å². The molecular weight excluding hydrogens is 453 g/mol. The molecule has 34 heavy (non-hydrogen) atoms. The zero-order valence-corrected chi connectivity index (χ0v) is 19.8. The second-order valence-corrected chi connectivity index (χ2v) is 9.00. The molecule has 2 aromatic carbocycles. The number of carbonyl (C=O) groups excluding carboxylic acids is 1. The van der Waals surface area contributed by atoms with Gasteiger partial charge in [0.15, 0.2) is 0 Å². The maximum Gasteiger partial charge on any atom is 0.252 e. The number of aryl methyl sites for hydroxylation is 3. The van der Waals surface area contributed by atoms with Crippen LogP contribution in [0.3, 0.4) is 0 Å². The largest absolute Gasteiger partial charge is 0.292 e. The van der Waals surface area contributed by atoms with Crippen LogP contribution >= 0.6 is 11.6 Å². The molecule has 0 saturated carbocycles. The lowest BCUT2D eigenvalue weighted by Crippen LogP contribution is -2.38. The SMILES string of the molecule is Cc1cc(C)nc(-n2nc(C)c3c2N(Cc2ccccc2F)C(=O)C[C@H]3c2ccc(Cl)cc2)n1. The fourth-order valence-electron chi connectivity index (χ4n) is 4.58. The average Bonchev–Trinajstić information content (AvgIpc) is 3.14. The van der Waals surface area contributed by atoms with Crippen molar-refractivity contribution in [1.82, 2.24) is 19.7 Å². The number of halogens is 2. The number of benzene rings is 2. The molecule has 0 unspecified atom stereocenters. The molecule has 1 amide bonds.